The number of imidazole rings is 1. The number of aromatic nitrogens is 2. The van der Waals surface area contributed by atoms with Crippen LogP contribution in [0.1, 0.15) is 15.9 Å². The Morgan fingerprint density at radius 2 is 1.71 bits per heavy atom. The van der Waals surface area contributed by atoms with E-state index in [1.54, 1.807) is 30.3 Å². The molecule has 0 atom stereocenters. The monoisotopic (exact) mass is 384 g/mol. The summed E-state index contributed by atoms with van der Waals surface area (Å²) in [4.78, 5) is 29.2. The summed E-state index contributed by atoms with van der Waals surface area (Å²) in [7, 11) is 0. The number of benzene rings is 2. The number of nitrogens with one attached hydrogen (secondary N) is 2. The summed E-state index contributed by atoms with van der Waals surface area (Å²) >= 11 is 15.4. The number of ketones is 1. The number of fused-ring (bicyclic) bond motifs is 1. The zero-order valence-corrected chi connectivity index (χ0v) is 13.4. The molecule has 7 heteroatoms. The van der Waals surface area contributed by atoms with Crippen molar-refractivity contribution in [1.82, 2.24) is 9.97 Å². The predicted molar refractivity (Wildman–Crippen MR) is 86.5 cm³/mol. The van der Waals surface area contributed by atoms with E-state index in [2.05, 4.69) is 25.9 Å². The molecule has 0 fully saturated rings. The fourth-order valence-corrected chi connectivity index (χ4v) is 2.96. The maximum atomic E-state index is 12.6. The van der Waals surface area contributed by atoms with Gasteiger partial charge in [0.1, 0.15) is 0 Å². The van der Waals surface area contributed by atoms with Crippen molar-refractivity contribution >= 4 is 55.9 Å². The minimum absolute atomic E-state index is 0.207. The van der Waals surface area contributed by atoms with Crippen LogP contribution in [0.3, 0.4) is 0 Å². The van der Waals surface area contributed by atoms with E-state index in [1.807, 2.05) is 0 Å². The third-order valence-electron chi connectivity index (χ3n) is 3.04. The first-order valence-electron chi connectivity index (χ1n) is 5.87. The fourth-order valence-electron chi connectivity index (χ4n) is 2.05. The lowest BCUT2D eigenvalue weighted by atomic mass is 10.0. The van der Waals surface area contributed by atoms with Crippen LogP contribution in [0.2, 0.25) is 10.0 Å². The number of carbonyl (C=O) groups is 1. The highest BCUT2D eigenvalue weighted by atomic mass is 79.9. The molecular weight excluding hydrogens is 379 g/mol. The summed E-state index contributed by atoms with van der Waals surface area (Å²) in [5, 5.41) is 0.522. The fraction of sp³-hybridized carbons (Fsp3) is 0. The Labute approximate surface area is 137 Å². The molecule has 0 amide bonds. The van der Waals surface area contributed by atoms with Crippen molar-refractivity contribution in [1.29, 1.82) is 0 Å². The minimum Gasteiger partial charge on any atom is -0.306 e. The smallest absolute Gasteiger partial charge is 0.306 e. The van der Waals surface area contributed by atoms with E-state index in [-0.39, 0.29) is 16.5 Å². The first-order chi connectivity index (χ1) is 9.97. The molecule has 1 heterocycles. The quantitative estimate of drug-likeness (QED) is 0.650. The zero-order valence-electron chi connectivity index (χ0n) is 10.3. The summed E-state index contributed by atoms with van der Waals surface area (Å²) in [5.41, 5.74) is 1.52. The first-order valence-corrected chi connectivity index (χ1v) is 7.42. The Bertz CT molecular complexity index is 930. The molecule has 0 radical (unpaired) electrons. The van der Waals surface area contributed by atoms with E-state index in [9.17, 15) is 9.59 Å². The molecule has 0 aliphatic heterocycles. The minimum atomic E-state index is -0.331. The maximum absolute atomic E-state index is 12.6. The van der Waals surface area contributed by atoms with Gasteiger partial charge < -0.3 is 9.97 Å². The molecule has 0 spiro atoms. The van der Waals surface area contributed by atoms with Crippen molar-refractivity contribution < 1.29 is 4.79 Å². The van der Waals surface area contributed by atoms with Gasteiger partial charge in [0.05, 0.1) is 21.1 Å². The highest BCUT2D eigenvalue weighted by molar-refractivity contribution is 9.10. The van der Waals surface area contributed by atoms with Crippen LogP contribution in [0, 0.1) is 0 Å². The van der Waals surface area contributed by atoms with E-state index in [0.29, 0.717) is 31.7 Å². The second kappa shape index (κ2) is 5.33. The molecule has 2 N–H and O–H groups in total. The Balaban J connectivity index is 2.19. The lowest BCUT2D eigenvalue weighted by Gasteiger charge is -2.07. The zero-order chi connectivity index (χ0) is 15.1. The molecule has 0 saturated carbocycles. The van der Waals surface area contributed by atoms with Gasteiger partial charge in [0, 0.05) is 15.6 Å². The number of rotatable bonds is 2. The van der Waals surface area contributed by atoms with E-state index in [0.717, 1.165) is 0 Å². The van der Waals surface area contributed by atoms with Crippen molar-refractivity contribution in [2.24, 2.45) is 0 Å². The second-order valence-corrected chi connectivity index (χ2v) is 6.03. The second-order valence-electron chi connectivity index (χ2n) is 4.39. The third-order valence-corrected chi connectivity index (χ3v) is 4.52. The van der Waals surface area contributed by atoms with Crippen LogP contribution in [0.15, 0.2) is 39.6 Å². The standard InChI is InChI=1S/C14H7BrCl2N2O2/c15-8-5-11-10(18-14(21)19-11)4-7(8)13(20)6-2-1-3-9(16)12(6)17/h1-5H,(H2,18,19,21). The Morgan fingerprint density at radius 1 is 1.05 bits per heavy atom. The van der Waals surface area contributed by atoms with Crippen LogP contribution < -0.4 is 5.69 Å². The number of H-pyrrole nitrogens is 2. The van der Waals surface area contributed by atoms with Crippen LogP contribution in [0.4, 0.5) is 0 Å². The molecule has 1 aromatic heterocycles. The lowest BCUT2D eigenvalue weighted by Crippen LogP contribution is -2.03. The van der Waals surface area contributed by atoms with E-state index >= 15 is 0 Å². The molecule has 3 rings (SSSR count). The van der Waals surface area contributed by atoms with Gasteiger partial charge in [0.25, 0.3) is 0 Å². The highest BCUT2D eigenvalue weighted by Crippen LogP contribution is 2.30. The molecule has 2 aromatic carbocycles. The lowest BCUT2D eigenvalue weighted by molar-refractivity contribution is 0.103. The van der Waals surface area contributed by atoms with E-state index in [4.69, 9.17) is 23.2 Å². The van der Waals surface area contributed by atoms with Gasteiger partial charge in [-0.2, -0.15) is 0 Å². The summed E-state index contributed by atoms with van der Waals surface area (Å²) in [6, 6.07) is 8.14. The summed E-state index contributed by atoms with van der Waals surface area (Å²) in [5.74, 6) is -0.279. The van der Waals surface area contributed by atoms with Crippen LogP contribution in [0.5, 0.6) is 0 Å². The average Bonchev–Trinajstić information content (AvgIpc) is 2.79. The Hall–Kier alpha value is -1.56. The largest absolute Gasteiger partial charge is 0.323 e. The van der Waals surface area contributed by atoms with Crippen molar-refractivity contribution in [3.63, 3.8) is 0 Å². The highest BCUT2D eigenvalue weighted by Gasteiger charge is 2.18. The van der Waals surface area contributed by atoms with Crippen molar-refractivity contribution in [3.8, 4) is 0 Å². The molecule has 0 saturated heterocycles. The van der Waals surface area contributed by atoms with Gasteiger partial charge in [-0.3, -0.25) is 4.79 Å². The number of carbonyl (C=O) groups excluding carboxylic acids is 1. The Kier molecular flexibility index (Phi) is 3.65. The number of hydrogen-bond acceptors (Lipinski definition) is 2. The number of aromatic amines is 2. The number of hydrogen-bond donors (Lipinski definition) is 2. The molecule has 4 nitrogen and oxygen atoms in total. The third kappa shape index (κ3) is 2.52. The summed E-state index contributed by atoms with van der Waals surface area (Å²) < 4.78 is 0.561. The predicted octanol–water partition coefficient (Wildman–Crippen LogP) is 4.16. The van der Waals surface area contributed by atoms with Crippen molar-refractivity contribution in [2.45, 2.75) is 0 Å². The van der Waals surface area contributed by atoms with E-state index in [1.165, 1.54) is 0 Å². The molecular formula is C14H7BrCl2N2O2. The molecule has 21 heavy (non-hydrogen) atoms. The van der Waals surface area contributed by atoms with Crippen molar-refractivity contribution in [3.05, 3.63) is 66.5 Å². The van der Waals surface area contributed by atoms with Gasteiger partial charge in [0.15, 0.2) is 5.78 Å². The van der Waals surface area contributed by atoms with Gasteiger partial charge in [-0.05, 0) is 40.2 Å². The normalized spacial score (nSPS) is 11.0. The van der Waals surface area contributed by atoms with Crippen LogP contribution >= 0.6 is 39.1 Å². The average molecular weight is 386 g/mol. The molecule has 0 aliphatic rings. The van der Waals surface area contributed by atoms with Crippen LogP contribution in [-0.2, 0) is 0 Å². The van der Waals surface area contributed by atoms with Gasteiger partial charge in [-0.1, -0.05) is 29.3 Å². The number of halogens is 3. The SMILES string of the molecule is O=C(c1cc2[nH]c(=O)[nH]c2cc1Br)c1cccc(Cl)c1Cl. The van der Waals surface area contributed by atoms with Gasteiger partial charge >= 0.3 is 5.69 Å². The summed E-state index contributed by atoms with van der Waals surface area (Å²) in [6.45, 7) is 0. The molecule has 0 aliphatic carbocycles. The first kappa shape index (κ1) is 14.4. The van der Waals surface area contributed by atoms with Gasteiger partial charge in [-0.25, -0.2) is 4.79 Å². The Morgan fingerprint density at radius 3 is 2.43 bits per heavy atom. The van der Waals surface area contributed by atoms with Crippen LogP contribution in [0.25, 0.3) is 11.0 Å². The molecule has 0 unspecified atom stereocenters. The van der Waals surface area contributed by atoms with Gasteiger partial charge in [-0.15, -0.1) is 0 Å². The van der Waals surface area contributed by atoms with E-state index < -0.39 is 0 Å². The topological polar surface area (TPSA) is 65.7 Å². The van der Waals surface area contributed by atoms with Crippen LogP contribution in [-0.4, -0.2) is 15.8 Å². The maximum Gasteiger partial charge on any atom is 0.323 e. The van der Waals surface area contributed by atoms with Gasteiger partial charge in [0.2, 0.25) is 0 Å². The summed E-state index contributed by atoms with van der Waals surface area (Å²) in [6.07, 6.45) is 0. The molecule has 3 aromatic rings. The molecule has 0 bridgehead atoms. The molecule has 106 valence electrons. The van der Waals surface area contributed by atoms with Crippen molar-refractivity contribution in [2.75, 3.05) is 0 Å².